The van der Waals surface area contributed by atoms with Crippen molar-refractivity contribution < 1.29 is 0 Å². The molecular formula is C14H18N4. The summed E-state index contributed by atoms with van der Waals surface area (Å²) >= 11 is 0. The van der Waals surface area contributed by atoms with Crippen LogP contribution < -0.4 is 5.32 Å². The van der Waals surface area contributed by atoms with Crippen LogP contribution in [0.3, 0.4) is 0 Å². The van der Waals surface area contributed by atoms with Crippen molar-refractivity contribution in [1.82, 2.24) is 20.3 Å². The fourth-order valence-corrected chi connectivity index (χ4v) is 2.10. The number of aromatic nitrogens is 3. The Balaban J connectivity index is 1.42. The molecule has 1 saturated carbocycles. The number of hydrogen-bond acceptors (Lipinski definition) is 3. The van der Waals surface area contributed by atoms with Gasteiger partial charge in [0.15, 0.2) is 0 Å². The van der Waals surface area contributed by atoms with Gasteiger partial charge in [-0.2, -0.15) is 0 Å². The predicted octanol–water partition coefficient (Wildman–Crippen LogP) is 1.95. The molecule has 0 spiro atoms. The van der Waals surface area contributed by atoms with Crippen molar-refractivity contribution in [3.05, 3.63) is 47.8 Å². The highest BCUT2D eigenvalue weighted by Gasteiger charge is 2.22. The zero-order valence-corrected chi connectivity index (χ0v) is 10.4. The molecule has 1 fully saturated rings. The maximum atomic E-state index is 3.93. The third kappa shape index (κ3) is 2.96. The third-order valence-corrected chi connectivity index (χ3v) is 3.35. The van der Waals surface area contributed by atoms with Crippen LogP contribution in [0.4, 0.5) is 0 Å². The first-order chi connectivity index (χ1) is 8.92. The van der Waals surface area contributed by atoms with Gasteiger partial charge in [-0.1, -0.05) is 29.5 Å². The molecule has 1 N–H and O–H groups in total. The number of benzene rings is 1. The van der Waals surface area contributed by atoms with Crippen LogP contribution in [-0.4, -0.2) is 21.5 Å². The molecular weight excluding hydrogens is 224 g/mol. The van der Waals surface area contributed by atoms with Crippen LogP contribution in [0.25, 0.3) is 0 Å². The Morgan fingerprint density at radius 3 is 2.72 bits per heavy atom. The lowest BCUT2D eigenvalue weighted by Crippen LogP contribution is -2.19. The van der Waals surface area contributed by atoms with Crippen LogP contribution >= 0.6 is 0 Å². The van der Waals surface area contributed by atoms with Crippen LogP contribution in [-0.2, 0) is 13.1 Å². The van der Waals surface area contributed by atoms with Crippen molar-refractivity contribution in [1.29, 1.82) is 0 Å². The second kappa shape index (κ2) is 5.31. The minimum Gasteiger partial charge on any atom is -0.311 e. The monoisotopic (exact) mass is 242 g/mol. The molecule has 0 saturated heterocycles. The van der Waals surface area contributed by atoms with E-state index >= 15 is 0 Å². The van der Waals surface area contributed by atoms with E-state index in [4.69, 9.17) is 0 Å². The Labute approximate surface area is 107 Å². The summed E-state index contributed by atoms with van der Waals surface area (Å²) in [7, 11) is 0. The van der Waals surface area contributed by atoms with Crippen molar-refractivity contribution in [2.45, 2.75) is 31.8 Å². The van der Waals surface area contributed by atoms with Gasteiger partial charge in [0.1, 0.15) is 0 Å². The molecule has 0 aliphatic heterocycles. The highest BCUT2D eigenvalue weighted by atomic mass is 15.4. The van der Waals surface area contributed by atoms with Crippen LogP contribution in [0.15, 0.2) is 36.7 Å². The SMILES string of the molecule is c1cn(CCNCc2ccc(C3CC3)cc2)nn1. The number of rotatable bonds is 6. The van der Waals surface area contributed by atoms with Gasteiger partial charge in [-0.15, -0.1) is 5.10 Å². The van der Waals surface area contributed by atoms with E-state index in [0.717, 1.165) is 25.6 Å². The Morgan fingerprint density at radius 2 is 2.06 bits per heavy atom. The van der Waals surface area contributed by atoms with Crippen molar-refractivity contribution in [2.24, 2.45) is 0 Å². The molecule has 0 unspecified atom stereocenters. The zero-order chi connectivity index (χ0) is 12.2. The molecule has 0 radical (unpaired) electrons. The zero-order valence-electron chi connectivity index (χ0n) is 10.4. The van der Waals surface area contributed by atoms with Gasteiger partial charge >= 0.3 is 0 Å². The average Bonchev–Trinajstić information content (AvgIpc) is 3.13. The second-order valence-corrected chi connectivity index (χ2v) is 4.86. The Kier molecular flexibility index (Phi) is 3.37. The van der Waals surface area contributed by atoms with Gasteiger partial charge in [0.05, 0.1) is 12.7 Å². The maximum absolute atomic E-state index is 3.93. The largest absolute Gasteiger partial charge is 0.311 e. The summed E-state index contributed by atoms with van der Waals surface area (Å²) < 4.78 is 1.84. The van der Waals surface area contributed by atoms with Crippen molar-refractivity contribution in [3.63, 3.8) is 0 Å². The topological polar surface area (TPSA) is 42.7 Å². The minimum absolute atomic E-state index is 0.847. The van der Waals surface area contributed by atoms with Gasteiger partial charge in [0, 0.05) is 19.3 Å². The minimum atomic E-state index is 0.847. The van der Waals surface area contributed by atoms with Crippen LogP contribution in [0.2, 0.25) is 0 Å². The lowest BCUT2D eigenvalue weighted by Gasteiger charge is -2.06. The quantitative estimate of drug-likeness (QED) is 0.787. The number of nitrogens with one attached hydrogen (secondary N) is 1. The van der Waals surface area contributed by atoms with E-state index in [1.807, 2.05) is 10.9 Å². The molecule has 1 aliphatic rings. The molecule has 1 aromatic heterocycles. The Hall–Kier alpha value is -1.68. The van der Waals surface area contributed by atoms with Gasteiger partial charge in [-0.3, -0.25) is 4.68 Å². The molecule has 2 aromatic rings. The predicted molar refractivity (Wildman–Crippen MR) is 70.1 cm³/mol. The fraction of sp³-hybridized carbons (Fsp3) is 0.429. The molecule has 1 heterocycles. The molecule has 0 atom stereocenters. The van der Waals surface area contributed by atoms with E-state index < -0.39 is 0 Å². The third-order valence-electron chi connectivity index (χ3n) is 3.35. The van der Waals surface area contributed by atoms with E-state index in [1.165, 1.54) is 24.0 Å². The highest BCUT2D eigenvalue weighted by Crippen LogP contribution is 2.39. The van der Waals surface area contributed by atoms with Gasteiger partial charge in [-0.25, -0.2) is 0 Å². The maximum Gasteiger partial charge on any atom is 0.0692 e. The van der Waals surface area contributed by atoms with E-state index in [1.54, 1.807) is 6.20 Å². The molecule has 94 valence electrons. The van der Waals surface area contributed by atoms with Crippen molar-refractivity contribution in [3.8, 4) is 0 Å². The standard InChI is InChI=1S/C14H18N4/c1-3-13(14-5-6-14)4-2-12(1)11-15-7-9-18-10-8-16-17-18/h1-4,8,10,14-15H,5-7,9,11H2. The summed E-state index contributed by atoms with van der Waals surface area (Å²) in [4.78, 5) is 0. The highest BCUT2D eigenvalue weighted by molar-refractivity contribution is 5.27. The van der Waals surface area contributed by atoms with E-state index in [0.29, 0.717) is 0 Å². The smallest absolute Gasteiger partial charge is 0.0692 e. The first kappa shape index (κ1) is 11.4. The molecule has 0 bridgehead atoms. The van der Waals surface area contributed by atoms with Gasteiger partial charge < -0.3 is 5.32 Å². The lowest BCUT2D eigenvalue weighted by atomic mass is 10.1. The van der Waals surface area contributed by atoms with E-state index in [-0.39, 0.29) is 0 Å². The summed E-state index contributed by atoms with van der Waals surface area (Å²) in [6.45, 7) is 2.69. The first-order valence-corrected chi connectivity index (χ1v) is 6.55. The summed E-state index contributed by atoms with van der Waals surface area (Å²) in [6, 6.07) is 9.00. The first-order valence-electron chi connectivity index (χ1n) is 6.55. The van der Waals surface area contributed by atoms with Gasteiger partial charge in [-0.05, 0) is 29.9 Å². The summed E-state index contributed by atoms with van der Waals surface area (Å²) in [5.74, 6) is 0.847. The van der Waals surface area contributed by atoms with E-state index in [9.17, 15) is 0 Å². The van der Waals surface area contributed by atoms with E-state index in [2.05, 4.69) is 39.9 Å². The molecule has 1 aromatic carbocycles. The molecule has 4 nitrogen and oxygen atoms in total. The van der Waals surface area contributed by atoms with Crippen molar-refractivity contribution >= 4 is 0 Å². The van der Waals surface area contributed by atoms with Crippen LogP contribution in [0.1, 0.15) is 29.9 Å². The van der Waals surface area contributed by atoms with Crippen LogP contribution in [0.5, 0.6) is 0 Å². The molecule has 4 heteroatoms. The lowest BCUT2D eigenvalue weighted by molar-refractivity contribution is 0.540. The fourth-order valence-electron chi connectivity index (χ4n) is 2.10. The summed E-state index contributed by atoms with van der Waals surface area (Å²) in [5, 5.41) is 11.1. The van der Waals surface area contributed by atoms with Crippen molar-refractivity contribution in [2.75, 3.05) is 6.54 Å². The van der Waals surface area contributed by atoms with Gasteiger partial charge in [0.25, 0.3) is 0 Å². The van der Waals surface area contributed by atoms with Crippen LogP contribution in [0, 0.1) is 0 Å². The Morgan fingerprint density at radius 1 is 1.22 bits per heavy atom. The number of nitrogens with zero attached hydrogens (tertiary/aromatic N) is 3. The second-order valence-electron chi connectivity index (χ2n) is 4.86. The normalized spacial score (nSPS) is 14.9. The summed E-state index contributed by atoms with van der Waals surface area (Å²) in [6.07, 6.45) is 6.33. The average molecular weight is 242 g/mol. The number of hydrogen-bond donors (Lipinski definition) is 1. The molecule has 3 rings (SSSR count). The molecule has 0 amide bonds. The Bertz CT molecular complexity index is 471. The van der Waals surface area contributed by atoms with Gasteiger partial charge in [0.2, 0.25) is 0 Å². The molecule has 18 heavy (non-hydrogen) atoms. The molecule has 1 aliphatic carbocycles. The summed E-state index contributed by atoms with van der Waals surface area (Å²) in [5.41, 5.74) is 2.85.